The lowest BCUT2D eigenvalue weighted by Gasteiger charge is -2.28. The van der Waals surface area contributed by atoms with Gasteiger partial charge in [0.2, 0.25) is 0 Å². The Hall–Kier alpha value is -1.19. The summed E-state index contributed by atoms with van der Waals surface area (Å²) in [6.07, 6.45) is 3.89. The first-order valence-electron chi connectivity index (χ1n) is 5.00. The van der Waals surface area contributed by atoms with Crippen LogP contribution in [0, 0.1) is 0 Å². The molecule has 1 aliphatic rings. The number of benzene rings is 1. The van der Waals surface area contributed by atoms with Crippen LogP contribution in [0.1, 0.15) is 5.56 Å². The van der Waals surface area contributed by atoms with Gasteiger partial charge in [0.1, 0.15) is 5.75 Å². The minimum absolute atomic E-state index is 0.161. The van der Waals surface area contributed by atoms with Gasteiger partial charge >= 0.3 is 0 Å². The Morgan fingerprint density at radius 1 is 1.35 bits per heavy atom. The van der Waals surface area contributed by atoms with Crippen LogP contribution in [0.5, 0.6) is 5.75 Å². The minimum Gasteiger partial charge on any atom is -0.508 e. The summed E-state index contributed by atoms with van der Waals surface area (Å²) in [6.45, 7) is 3.98. The van der Waals surface area contributed by atoms with Crippen LogP contribution in [-0.4, -0.2) is 17.1 Å². The van der Waals surface area contributed by atoms with Crippen LogP contribution in [0.4, 0.5) is 0 Å². The maximum absolute atomic E-state index is 9.34. The first-order chi connectivity index (χ1) is 8.00. The van der Waals surface area contributed by atoms with E-state index in [1.54, 1.807) is 12.1 Å². The van der Waals surface area contributed by atoms with Crippen molar-refractivity contribution in [3.8, 4) is 5.75 Å². The van der Waals surface area contributed by atoms with Gasteiger partial charge in [-0.15, -0.1) is 0 Å². The number of phenols is 1. The monoisotopic (exact) mass is 311 g/mol. The molecule has 17 heavy (non-hydrogen) atoms. The lowest BCUT2D eigenvalue weighted by Crippen LogP contribution is -2.18. The van der Waals surface area contributed by atoms with Gasteiger partial charge in [0.25, 0.3) is 0 Å². The number of halogens is 2. The summed E-state index contributed by atoms with van der Waals surface area (Å²) < 4.78 is 0.943. The molecule has 1 aromatic rings. The number of allylic oxidation sites excluding steroid dienone is 3. The third-order valence-corrected chi connectivity index (χ3v) is 3.69. The van der Waals surface area contributed by atoms with Crippen molar-refractivity contribution >= 4 is 33.2 Å². The summed E-state index contributed by atoms with van der Waals surface area (Å²) in [5.74, 6) is 0.161. The van der Waals surface area contributed by atoms with E-state index in [-0.39, 0.29) is 5.75 Å². The molecule has 4 heteroatoms. The zero-order chi connectivity index (χ0) is 12.6. The molecule has 1 aromatic carbocycles. The van der Waals surface area contributed by atoms with Gasteiger partial charge in [0, 0.05) is 28.5 Å². The largest absolute Gasteiger partial charge is 0.508 e. The van der Waals surface area contributed by atoms with Gasteiger partial charge in [-0.25, -0.2) is 0 Å². The van der Waals surface area contributed by atoms with Gasteiger partial charge in [-0.1, -0.05) is 18.2 Å². The molecule has 0 saturated heterocycles. The fourth-order valence-electron chi connectivity index (χ4n) is 1.65. The molecule has 0 spiro atoms. The Balaban J connectivity index is 2.51. The number of phenolic OH excluding ortho intramolecular Hbond substituents is 1. The normalized spacial score (nSPS) is 15.7. The van der Waals surface area contributed by atoms with Crippen LogP contribution in [0.3, 0.4) is 0 Å². The van der Waals surface area contributed by atoms with Crippen LogP contribution in [0.15, 0.2) is 47.1 Å². The van der Waals surface area contributed by atoms with Gasteiger partial charge < -0.3 is 10.0 Å². The summed E-state index contributed by atoms with van der Waals surface area (Å²) in [4.78, 5) is 1.95. The van der Waals surface area contributed by atoms with E-state index in [0.29, 0.717) is 5.02 Å². The molecule has 88 valence electrons. The van der Waals surface area contributed by atoms with E-state index in [9.17, 15) is 5.11 Å². The van der Waals surface area contributed by atoms with Gasteiger partial charge in [-0.05, 0) is 46.3 Å². The highest BCUT2D eigenvalue weighted by atomic mass is 79.9. The third kappa shape index (κ3) is 2.26. The Kier molecular flexibility index (Phi) is 3.31. The quantitative estimate of drug-likeness (QED) is 0.843. The Morgan fingerprint density at radius 2 is 2.06 bits per heavy atom. The standard InChI is InChI=1S/C13H11BrClNO/c1-8-11(14)5-6-13(16(8)2)10-4-3-9(17)7-12(10)15/h3-7,17H,1H2,2H3. The molecule has 1 N–H and O–H groups in total. The summed E-state index contributed by atoms with van der Waals surface area (Å²) >= 11 is 9.55. The van der Waals surface area contributed by atoms with E-state index in [2.05, 4.69) is 22.5 Å². The second-order valence-electron chi connectivity index (χ2n) is 3.74. The van der Waals surface area contributed by atoms with Crippen molar-refractivity contribution < 1.29 is 5.11 Å². The summed E-state index contributed by atoms with van der Waals surface area (Å²) in [6, 6.07) is 4.94. The highest BCUT2D eigenvalue weighted by Gasteiger charge is 2.17. The van der Waals surface area contributed by atoms with E-state index in [1.165, 1.54) is 6.07 Å². The molecule has 0 bridgehead atoms. The molecule has 0 amide bonds. The fourth-order valence-corrected chi connectivity index (χ4v) is 2.32. The predicted octanol–water partition coefficient (Wildman–Crippen LogP) is 4.12. The summed E-state index contributed by atoms with van der Waals surface area (Å²) in [7, 11) is 1.92. The molecule has 0 radical (unpaired) electrons. The number of aromatic hydroxyl groups is 1. The third-order valence-electron chi connectivity index (χ3n) is 2.66. The fraction of sp³-hybridized carbons (Fsp3) is 0.0769. The van der Waals surface area contributed by atoms with E-state index in [4.69, 9.17) is 11.6 Å². The SMILES string of the molecule is C=C1C(Br)=CC=C(c2ccc(O)cc2Cl)N1C. The molecule has 2 nitrogen and oxygen atoms in total. The van der Waals surface area contributed by atoms with E-state index >= 15 is 0 Å². The lowest BCUT2D eigenvalue weighted by atomic mass is 10.1. The highest BCUT2D eigenvalue weighted by molar-refractivity contribution is 9.12. The smallest absolute Gasteiger partial charge is 0.117 e. The molecule has 0 aliphatic carbocycles. The lowest BCUT2D eigenvalue weighted by molar-refractivity contribution is 0.475. The average Bonchev–Trinajstić information content (AvgIpc) is 2.28. The maximum Gasteiger partial charge on any atom is 0.117 e. The van der Waals surface area contributed by atoms with Crippen LogP contribution >= 0.6 is 27.5 Å². The van der Waals surface area contributed by atoms with Crippen LogP contribution in [0.25, 0.3) is 5.70 Å². The van der Waals surface area contributed by atoms with Crippen LogP contribution in [-0.2, 0) is 0 Å². The van der Waals surface area contributed by atoms with E-state index in [1.807, 2.05) is 24.1 Å². The van der Waals surface area contributed by atoms with Gasteiger partial charge in [0.15, 0.2) is 0 Å². The van der Waals surface area contributed by atoms with Crippen molar-refractivity contribution in [2.75, 3.05) is 7.05 Å². The second kappa shape index (κ2) is 4.59. The predicted molar refractivity (Wildman–Crippen MR) is 75.0 cm³/mol. The average molecular weight is 313 g/mol. The Labute approximate surface area is 114 Å². The minimum atomic E-state index is 0.161. The maximum atomic E-state index is 9.34. The molecule has 0 fully saturated rings. The Morgan fingerprint density at radius 3 is 2.71 bits per heavy atom. The molecule has 1 aliphatic heterocycles. The number of nitrogens with zero attached hydrogens (tertiary/aromatic N) is 1. The van der Waals surface area contributed by atoms with Crippen molar-refractivity contribution in [2.24, 2.45) is 0 Å². The molecular weight excluding hydrogens is 302 g/mol. The van der Waals surface area contributed by atoms with Crippen LogP contribution < -0.4 is 0 Å². The molecular formula is C13H11BrClNO. The molecule has 1 heterocycles. The number of hydrogen-bond acceptors (Lipinski definition) is 2. The highest BCUT2D eigenvalue weighted by Crippen LogP contribution is 2.35. The molecule has 2 rings (SSSR count). The molecule has 0 unspecified atom stereocenters. The van der Waals surface area contributed by atoms with Gasteiger partial charge in [-0.2, -0.15) is 0 Å². The first kappa shape index (κ1) is 12.3. The van der Waals surface area contributed by atoms with Crippen molar-refractivity contribution in [1.82, 2.24) is 4.90 Å². The van der Waals surface area contributed by atoms with Crippen molar-refractivity contribution in [3.05, 3.63) is 57.7 Å². The number of likely N-dealkylation sites (N-methyl/N-ethyl adjacent to an activating group) is 1. The zero-order valence-corrected chi connectivity index (χ0v) is 11.6. The topological polar surface area (TPSA) is 23.5 Å². The first-order valence-corrected chi connectivity index (χ1v) is 6.17. The number of hydrogen-bond donors (Lipinski definition) is 1. The van der Waals surface area contributed by atoms with Crippen molar-refractivity contribution in [2.45, 2.75) is 0 Å². The number of rotatable bonds is 1. The second-order valence-corrected chi connectivity index (χ2v) is 5.00. The molecule has 0 aromatic heterocycles. The van der Waals surface area contributed by atoms with Crippen LogP contribution in [0.2, 0.25) is 5.02 Å². The summed E-state index contributed by atoms with van der Waals surface area (Å²) in [5.41, 5.74) is 2.68. The van der Waals surface area contributed by atoms with Crippen molar-refractivity contribution in [1.29, 1.82) is 0 Å². The molecule has 0 saturated carbocycles. The molecule has 0 atom stereocenters. The van der Waals surface area contributed by atoms with E-state index in [0.717, 1.165) is 21.4 Å². The Bertz CT molecular complexity index is 548. The van der Waals surface area contributed by atoms with E-state index < -0.39 is 0 Å². The van der Waals surface area contributed by atoms with Gasteiger partial charge in [0.05, 0.1) is 5.02 Å². The van der Waals surface area contributed by atoms with Crippen molar-refractivity contribution in [3.63, 3.8) is 0 Å². The van der Waals surface area contributed by atoms with Gasteiger partial charge in [-0.3, -0.25) is 0 Å². The summed E-state index contributed by atoms with van der Waals surface area (Å²) in [5, 5.41) is 9.86. The zero-order valence-electron chi connectivity index (χ0n) is 9.24.